The summed E-state index contributed by atoms with van der Waals surface area (Å²) in [6, 6.07) is 7.55. The van der Waals surface area contributed by atoms with Gasteiger partial charge in [0, 0.05) is 17.7 Å². The van der Waals surface area contributed by atoms with Crippen LogP contribution in [0.5, 0.6) is 0 Å². The van der Waals surface area contributed by atoms with Crippen molar-refractivity contribution in [2.24, 2.45) is 0 Å². The Labute approximate surface area is 105 Å². The van der Waals surface area contributed by atoms with Gasteiger partial charge in [0.25, 0.3) is 0 Å². The number of nitrogen functional groups attached to an aromatic ring is 1. The highest BCUT2D eigenvalue weighted by atomic mass is 16.1. The zero-order valence-electron chi connectivity index (χ0n) is 10.2. The lowest BCUT2D eigenvalue weighted by Gasteiger charge is -2.04. The number of hydrogen-bond acceptors (Lipinski definition) is 3. The van der Waals surface area contributed by atoms with Crippen LogP contribution in [0.4, 0.5) is 11.5 Å². The molecule has 0 saturated heterocycles. The van der Waals surface area contributed by atoms with Crippen molar-refractivity contribution in [1.82, 2.24) is 10.2 Å². The average Bonchev–Trinajstić information content (AvgIpc) is 2.74. The fourth-order valence-corrected chi connectivity index (χ4v) is 1.62. The van der Waals surface area contributed by atoms with E-state index in [9.17, 15) is 4.79 Å². The number of nitrogens with zero attached hydrogens (tertiary/aromatic N) is 1. The second-order valence-electron chi connectivity index (χ2n) is 4.22. The van der Waals surface area contributed by atoms with Crippen molar-refractivity contribution < 1.29 is 4.79 Å². The first-order chi connectivity index (χ1) is 8.65. The molecule has 18 heavy (non-hydrogen) atoms. The molecule has 0 atom stereocenters. The second kappa shape index (κ2) is 5.35. The predicted octanol–water partition coefficient (Wildman–Crippen LogP) is 1.87. The van der Waals surface area contributed by atoms with E-state index in [1.807, 2.05) is 31.2 Å². The molecule has 0 aliphatic carbocycles. The molecule has 94 valence electrons. The number of amides is 1. The summed E-state index contributed by atoms with van der Waals surface area (Å²) in [6.45, 7) is 1.89. The zero-order valence-corrected chi connectivity index (χ0v) is 10.2. The van der Waals surface area contributed by atoms with Crippen LogP contribution in [-0.2, 0) is 11.2 Å². The van der Waals surface area contributed by atoms with E-state index >= 15 is 0 Å². The Morgan fingerprint density at radius 3 is 2.72 bits per heavy atom. The van der Waals surface area contributed by atoms with Gasteiger partial charge in [-0.15, -0.1) is 0 Å². The summed E-state index contributed by atoms with van der Waals surface area (Å²) in [4.78, 5) is 11.7. The minimum absolute atomic E-state index is 0.0285. The first kappa shape index (κ1) is 12.2. The lowest BCUT2D eigenvalue weighted by Crippen LogP contribution is -2.13. The van der Waals surface area contributed by atoms with E-state index in [4.69, 9.17) is 5.73 Å². The maximum atomic E-state index is 11.7. The summed E-state index contributed by atoms with van der Waals surface area (Å²) in [6.07, 6.45) is 2.80. The Balaban J connectivity index is 1.85. The van der Waals surface area contributed by atoms with Crippen LogP contribution in [0.25, 0.3) is 0 Å². The molecule has 2 rings (SSSR count). The number of anilines is 2. The second-order valence-corrected chi connectivity index (χ2v) is 4.22. The van der Waals surface area contributed by atoms with E-state index in [-0.39, 0.29) is 5.91 Å². The number of hydrogen-bond donors (Lipinski definition) is 3. The summed E-state index contributed by atoms with van der Waals surface area (Å²) in [5, 5.41) is 9.38. The van der Waals surface area contributed by atoms with Gasteiger partial charge in [-0.1, -0.05) is 12.1 Å². The molecule has 5 nitrogen and oxygen atoms in total. The molecular formula is C13H16N4O. The van der Waals surface area contributed by atoms with Gasteiger partial charge in [-0.25, -0.2) is 0 Å². The van der Waals surface area contributed by atoms with Crippen molar-refractivity contribution in [3.63, 3.8) is 0 Å². The van der Waals surface area contributed by atoms with Crippen LogP contribution in [-0.4, -0.2) is 16.1 Å². The Hall–Kier alpha value is -2.30. The monoisotopic (exact) mass is 244 g/mol. The van der Waals surface area contributed by atoms with E-state index in [0.717, 1.165) is 16.8 Å². The first-order valence-electron chi connectivity index (χ1n) is 5.79. The largest absolute Gasteiger partial charge is 0.399 e. The molecule has 0 unspecified atom stereocenters. The summed E-state index contributed by atoms with van der Waals surface area (Å²) in [5.74, 6) is 0.636. The summed E-state index contributed by atoms with van der Waals surface area (Å²) < 4.78 is 0. The standard InChI is InChI=1S/C13H16N4O/c1-9-8-15-17-13(9)16-12(18)7-4-10-2-5-11(14)6-3-10/h2-3,5-6,8H,4,7,14H2,1H3,(H2,15,16,17,18). The molecule has 2 aromatic rings. The van der Waals surface area contributed by atoms with Crippen LogP contribution in [0.3, 0.4) is 0 Å². The molecule has 0 saturated carbocycles. The molecule has 0 aliphatic heterocycles. The highest BCUT2D eigenvalue weighted by molar-refractivity contribution is 5.90. The highest BCUT2D eigenvalue weighted by Crippen LogP contribution is 2.11. The van der Waals surface area contributed by atoms with E-state index in [0.29, 0.717) is 18.7 Å². The number of H-pyrrole nitrogens is 1. The van der Waals surface area contributed by atoms with Gasteiger partial charge in [-0.3, -0.25) is 9.89 Å². The predicted molar refractivity (Wildman–Crippen MR) is 71.1 cm³/mol. The number of benzene rings is 1. The number of aryl methyl sites for hydroxylation is 2. The van der Waals surface area contributed by atoms with Gasteiger partial charge in [0.15, 0.2) is 0 Å². The summed E-state index contributed by atoms with van der Waals surface area (Å²) >= 11 is 0. The number of nitrogens with two attached hydrogens (primary N) is 1. The number of carbonyl (C=O) groups excluding carboxylic acids is 1. The summed E-state index contributed by atoms with van der Waals surface area (Å²) in [7, 11) is 0. The minimum atomic E-state index is -0.0285. The third-order valence-corrected chi connectivity index (χ3v) is 2.71. The molecule has 1 aromatic heterocycles. The van der Waals surface area contributed by atoms with Gasteiger partial charge in [0.1, 0.15) is 5.82 Å². The lowest BCUT2D eigenvalue weighted by atomic mass is 10.1. The van der Waals surface area contributed by atoms with Gasteiger partial charge >= 0.3 is 0 Å². The molecular weight excluding hydrogens is 228 g/mol. The molecule has 0 radical (unpaired) electrons. The third-order valence-electron chi connectivity index (χ3n) is 2.71. The molecule has 0 aliphatic rings. The number of carbonyl (C=O) groups is 1. The molecule has 0 spiro atoms. The SMILES string of the molecule is Cc1cn[nH]c1NC(=O)CCc1ccc(N)cc1. The Morgan fingerprint density at radius 2 is 2.11 bits per heavy atom. The smallest absolute Gasteiger partial charge is 0.225 e. The topological polar surface area (TPSA) is 83.8 Å². The Bertz CT molecular complexity index is 530. The average molecular weight is 244 g/mol. The Morgan fingerprint density at radius 1 is 1.39 bits per heavy atom. The first-order valence-corrected chi connectivity index (χ1v) is 5.79. The van der Waals surface area contributed by atoms with Crippen LogP contribution < -0.4 is 11.1 Å². The number of rotatable bonds is 4. The summed E-state index contributed by atoms with van der Waals surface area (Å²) in [5.41, 5.74) is 8.36. The quantitative estimate of drug-likeness (QED) is 0.718. The molecule has 1 heterocycles. The maximum absolute atomic E-state index is 11.7. The normalized spacial score (nSPS) is 10.3. The van der Waals surface area contributed by atoms with Gasteiger partial charge in [0.2, 0.25) is 5.91 Å². The van der Waals surface area contributed by atoms with Gasteiger partial charge in [-0.05, 0) is 31.0 Å². The van der Waals surface area contributed by atoms with Gasteiger partial charge in [0.05, 0.1) is 6.20 Å². The van der Waals surface area contributed by atoms with Crippen LogP contribution in [0.15, 0.2) is 30.5 Å². The molecule has 1 aromatic carbocycles. The lowest BCUT2D eigenvalue weighted by molar-refractivity contribution is -0.116. The number of aromatic amines is 1. The van der Waals surface area contributed by atoms with Crippen molar-refractivity contribution >= 4 is 17.4 Å². The van der Waals surface area contributed by atoms with E-state index in [2.05, 4.69) is 15.5 Å². The van der Waals surface area contributed by atoms with E-state index < -0.39 is 0 Å². The van der Waals surface area contributed by atoms with Crippen LogP contribution in [0.1, 0.15) is 17.5 Å². The highest BCUT2D eigenvalue weighted by Gasteiger charge is 2.06. The zero-order chi connectivity index (χ0) is 13.0. The minimum Gasteiger partial charge on any atom is -0.399 e. The van der Waals surface area contributed by atoms with Crippen molar-refractivity contribution in [2.75, 3.05) is 11.1 Å². The van der Waals surface area contributed by atoms with Crippen molar-refractivity contribution in [3.05, 3.63) is 41.6 Å². The van der Waals surface area contributed by atoms with E-state index in [1.165, 1.54) is 0 Å². The molecule has 4 N–H and O–H groups in total. The maximum Gasteiger partial charge on any atom is 0.225 e. The molecule has 0 fully saturated rings. The number of aromatic nitrogens is 2. The fourth-order valence-electron chi connectivity index (χ4n) is 1.62. The third kappa shape index (κ3) is 3.10. The van der Waals surface area contributed by atoms with Crippen molar-refractivity contribution in [1.29, 1.82) is 0 Å². The molecule has 5 heteroatoms. The van der Waals surface area contributed by atoms with Gasteiger partial charge in [-0.2, -0.15) is 5.10 Å². The molecule has 0 bridgehead atoms. The number of nitrogens with one attached hydrogen (secondary N) is 2. The van der Waals surface area contributed by atoms with Crippen molar-refractivity contribution in [3.8, 4) is 0 Å². The fraction of sp³-hybridized carbons (Fsp3) is 0.231. The van der Waals surface area contributed by atoms with E-state index in [1.54, 1.807) is 6.20 Å². The van der Waals surface area contributed by atoms with Crippen molar-refractivity contribution in [2.45, 2.75) is 19.8 Å². The van der Waals surface area contributed by atoms with Gasteiger partial charge < -0.3 is 11.1 Å². The van der Waals surface area contributed by atoms with Crippen LogP contribution in [0, 0.1) is 6.92 Å². The molecule has 1 amide bonds. The Kier molecular flexibility index (Phi) is 3.62. The van der Waals surface area contributed by atoms with Crippen LogP contribution >= 0.6 is 0 Å². The van der Waals surface area contributed by atoms with Crippen LogP contribution in [0.2, 0.25) is 0 Å².